The number of nitrogens with one attached hydrogen (secondary N) is 2. The molecule has 0 bridgehead atoms. The topological polar surface area (TPSA) is 139 Å². The second-order valence-corrected chi connectivity index (χ2v) is 8.17. The molecular formula is C25H34N4O6. The van der Waals surface area contributed by atoms with Crippen LogP contribution in [0.2, 0.25) is 0 Å². The van der Waals surface area contributed by atoms with Crippen molar-refractivity contribution in [3.05, 3.63) is 70.8 Å². The minimum Gasteiger partial charge on any atom is -0.478 e. The van der Waals surface area contributed by atoms with Crippen molar-refractivity contribution >= 4 is 23.8 Å². The van der Waals surface area contributed by atoms with Crippen molar-refractivity contribution in [2.24, 2.45) is 0 Å². The second kappa shape index (κ2) is 15.2. The van der Waals surface area contributed by atoms with E-state index in [9.17, 15) is 19.2 Å². The zero-order valence-corrected chi connectivity index (χ0v) is 20.6. The van der Waals surface area contributed by atoms with Crippen molar-refractivity contribution in [3.8, 4) is 0 Å². The Balaban J connectivity index is 0.000000351. The number of carboxylic acids is 2. The molecular weight excluding hydrogens is 452 g/mol. The summed E-state index contributed by atoms with van der Waals surface area (Å²) in [7, 11) is 7.72. The largest absolute Gasteiger partial charge is 0.478 e. The van der Waals surface area contributed by atoms with Crippen LogP contribution >= 0.6 is 0 Å². The molecule has 0 radical (unpaired) electrons. The molecule has 190 valence electrons. The van der Waals surface area contributed by atoms with E-state index in [2.05, 4.69) is 10.6 Å². The predicted molar refractivity (Wildman–Crippen MR) is 133 cm³/mol. The maximum Gasteiger partial charge on any atom is 0.336 e. The van der Waals surface area contributed by atoms with Gasteiger partial charge in [-0.1, -0.05) is 24.3 Å². The van der Waals surface area contributed by atoms with Gasteiger partial charge in [-0.2, -0.15) is 0 Å². The lowest BCUT2D eigenvalue weighted by Crippen LogP contribution is -2.32. The SMILES string of the molecule is CN(C)CCCNC(=O)c1ccccc1C(=O)O.CN(C)CCNC(=O)c1ccccc1C(=O)O. The van der Waals surface area contributed by atoms with Gasteiger partial charge in [0.2, 0.25) is 0 Å². The van der Waals surface area contributed by atoms with Gasteiger partial charge in [-0.3, -0.25) is 9.59 Å². The monoisotopic (exact) mass is 486 g/mol. The number of amides is 2. The summed E-state index contributed by atoms with van der Waals surface area (Å²) in [6.45, 7) is 2.60. The Bertz CT molecular complexity index is 1010. The highest BCUT2D eigenvalue weighted by Gasteiger charge is 2.16. The molecule has 0 atom stereocenters. The quantitative estimate of drug-likeness (QED) is 0.352. The minimum absolute atomic E-state index is 0.0230. The molecule has 0 aliphatic carbocycles. The Kier molecular flexibility index (Phi) is 12.7. The molecule has 2 aromatic carbocycles. The van der Waals surface area contributed by atoms with Crippen LogP contribution in [0.5, 0.6) is 0 Å². The van der Waals surface area contributed by atoms with Crippen LogP contribution in [0.15, 0.2) is 48.5 Å². The second-order valence-electron chi connectivity index (χ2n) is 8.17. The molecule has 0 spiro atoms. The van der Waals surface area contributed by atoms with Gasteiger partial charge in [-0.15, -0.1) is 0 Å². The molecule has 0 aliphatic rings. The third kappa shape index (κ3) is 10.8. The van der Waals surface area contributed by atoms with Crippen LogP contribution in [-0.2, 0) is 0 Å². The molecule has 0 unspecified atom stereocenters. The lowest BCUT2D eigenvalue weighted by Gasteiger charge is -2.11. The molecule has 0 saturated carbocycles. The summed E-state index contributed by atoms with van der Waals surface area (Å²) in [5.41, 5.74) is 0.450. The standard InChI is InChI=1S/C13H18N2O3.C12H16N2O3/c1-15(2)9-5-8-14-12(16)10-6-3-4-7-11(10)13(17)18;1-14(2)8-7-13-11(15)9-5-3-4-6-10(9)12(16)17/h3-4,6-7H,5,8-9H2,1-2H3,(H,14,16)(H,17,18);3-6H,7-8H2,1-2H3,(H,13,15)(H,16,17). The third-order valence-corrected chi connectivity index (χ3v) is 4.72. The van der Waals surface area contributed by atoms with Crippen LogP contribution in [-0.4, -0.2) is 98.1 Å². The number of carbonyl (C=O) groups is 4. The van der Waals surface area contributed by atoms with Crippen LogP contribution < -0.4 is 10.6 Å². The summed E-state index contributed by atoms with van der Waals surface area (Å²) in [6.07, 6.45) is 0.827. The summed E-state index contributed by atoms with van der Waals surface area (Å²) in [5, 5.41) is 23.3. The van der Waals surface area contributed by atoms with E-state index in [0.717, 1.165) is 13.0 Å². The lowest BCUT2D eigenvalue weighted by molar-refractivity contribution is 0.0682. The van der Waals surface area contributed by atoms with E-state index in [0.29, 0.717) is 19.6 Å². The summed E-state index contributed by atoms with van der Waals surface area (Å²) in [5.74, 6) is -2.88. The van der Waals surface area contributed by atoms with Gasteiger partial charge < -0.3 is 30.6 Å². The number of aromatic carboxylic acids is 2. The van der Waals surface area contributed by atoms with E-state index in [-0.39, 0.29) is 34.1 Å². The van der Waals surface area contributed by atoms with Crippen molar-refractivity contribution in [1.82, 2.24) is 20.4 Å². The van der Waals surface area contributed by atoms with E-state index in [1.807, 2.05) is 38.0 Å². The summed E-state index contributed by atoms with van der Waals surface area (Å²) >= 11 is 0. The molecule has 0 aromatic heterocycles. The van der Waals surface area contributed by atoms with Crippen molar-refractivity contribution in [2.75, 3.05) is 54.4 Å². The summed E-state index contributed by atoms with van der Waals surface area (Å²) in [6, 6.07) is 12.4. The highest BCUT2D eigenvalue weighted by atomic mass is 16.4. The average Bonchev–Trinajstić information content (AvgIpc) is 2.81. The van der Waals surface area contributed by atoms with Crippen LogP contribution in [0.4, 0.5) is 0 Å². The first-order valence-corrected chi connectivity index (χ1v) is 11.0. The number of hydrogen-bond donors (Lipinski definition) is 4. The molecule has 10 heteroatoms. The number of rotatable bonds is 11. The van der Waals surface area contributed by atoms with Gasteiger partial charge in [0, 0.05) is 19.6 Å². The number of carboxylic acid groups (broad SMARTS) is 2. The first-order valence-electron chi connectivity index (χ1n) is 11.0. The Labute approximate surface area is 205 Å². The molecule has 0 heterocycles. The van der Waals surface area contributed by atoms with Crippen LogP contribution in [0.3, 0.4) is 0 Å². The van der Waals surface area contributed by atoms with Crippen molar-refractivity contribution in [3.63, 3.8) is 0 Å². The normalized spacial score (nSPS) is 10.3. The van der Waals surface area contributed by atoms with Crippen molar-refractivity contribution in [2.45, 2.75) is 6.42 Å². The fraction of sp³-hybridized carbons (Fsp3) is 0.360. The lowest BCUT2D eigenvalue weighted by atomic mass is 10.1. The molecule has 2 rings (SSSR count). The van der Waals surface area contributed by atoms with Gasteiger partial charge in [0.1, 0.15) is 0 Å². The number of hydrogen-bond acceptors (Lipinski definition) is 6. The number of carbonyl (C=O) groups excluding carboxylic acids is 2. The van der Waals surface area contributed by atoms with Gasteiger partial charge in [0.05, 0.1) is 22.3 Å². The van der Waals surface area contributed by atoms with Crippen LogP contribution in [0.25, 0.3) is 0 Å². The van der Waals surface area contributed by atoms with E-state index in [4.69, 9.17) is 10.2 Å². The number of benzene rings is 2. The first kappa shape index (κ1) is 29.3. The molecule has 0 saturated heterocycles. The minimum atomic E-state index is -1.09. The molecule has 0 fully saturated rings. The van der Waals surface area contributed by atoms with Crippen molar-refractivity contribution < 1.29 is 29.4 Å². The summed E-state index contributed by atoms with van der Waals surface area (Å²) < 4.78 is 0. The molecule has 4 N–H and O–H groups in total. The maximum atomic E-state index is 11.8. The zero-order chi connectivity index (χ0) is 26.4. The Morgan fingerprint density at radius 1 is 0.629 bits per heavy atom. The van der Waals surface area contributed by atoms with Crippen molar-refractivity contribution in [1.29, 1.82) is 0 Å². The Morgan fingerprint density at radius 2 is 1.00 bits per heavy atom. The molecule has 10 nitrogen and oxygen atoms in total. The predicted octanol–water partition coefficient (Wildman–Crippen LogP) is 1.74. The highest BCUT2D eigenvalue weighted by molar-refractivity contribution is 6.05. The van der Waals surface area contributed by atoms with E-state index < -0.39 is 11.9 Å². The van der Waals surface area contributed by atoms with Gasteiger partial charge in [-0.25, -0.2) is 9.59 Å². The van der Waals surface area contributed by atoms with Gasteiger partial charge in [-0.05, 0) is 65.4 Å². The van der Waals surface area contributed by atoms with Gasteiger partial charge in [0.15, 0.2) is 0 Å². The van der Waals surface area contributed by atoms with E-state index in [1.54, 1.807) is 24.3 Å². The Morgan fingerprint density at radius 3 is 1.37 bits per heavy atom. The highest BCUT2D eigenvalue weighted by Crippen LogP contribution is 2.09. The fourth-order valence-corrected chi connectivity index (χ4v) is 2.92. The van der Waals surface area contributed by atoms with Crippen LogP contribution in [0, 0.1) is 0 Å². The van der Waals surface area contributed by atoms with E-state index >= 15 is 0 Å². The zero-order valence-electron chi connectivity index (χ0n) is 20.6. The third-order valence-electron chi connectivity index (χ3n) is 4.72. The molecule has 2 aromatic rings. The first-order chi connectivity index (χ1) is 16.5. The maximum absolute atomic E-state index is 11.8. The van der Waals surface area contributed by atoms with E-state index in [1.165, 1.54) is 24.3 Å². The average molecular weight is 487 g/mol. The van der Waals surface area contributed by atoms with Gasteiger partial charge >= 0.3 is 11.9 Å². The van der Waals surface area contributed by atoms with Gasteiger partial charge in [0.25, 0.3) is 11.8 Å². The molecule has 0 aliphatic heterocycles. The number of nitrogens with zero attached hydrogens (tertiary/aromatic N) is 2. The Hall–Kier alpha value is -3.76. The molecule has 35 heavy (non-hydrogen) atoms. The smallest absolute Gasteiger partial charge is 0.336 e. The van der Waals surface area contributed by atoms with Crippen LogP contribution in [0.1, 0.15) is 47.9 Å². The number of likely N-dealkylation sites (N-methyl/N-ethyl adjacent to an activating group) is 1. The fourth-order valence-electron chi connectivity index (χ4n) is 2.92. The summed E-state index contributed by atoms with van der Waals surface area (Å²) in [4.78, 5) is 49.4. The molecule has 2 amide bonds.